The molecule has 0 radical (unpaired) electrons. The van der Waals surface area contributed by atoms with E-state index in [9.17, 15) is 0 Å². The minimum Gasteiger partial charge on any atom is -0.293 e. The smallest absolute Gasteiger partial charge is 0.162 e. The van der Waals surface area contributed by atoms with E-state index in [1.54, 1.807) is 6.20 Å². The van der Waals surface area contributed by atoms with E-state index in [4.69, 9.17) is 9.97 Å². The summed E-state index contributed by atoms with van der Waals surface area (Å²) in [5, 5.41) is 3.35. The van der Waals surface area contributed by atoms with Crippen molar-refractivity contribution in [3.63, 3.8) is 0 Å². The molecule has 0 N–H and O–H groups in total. The Kier molecular flexibility index (Phi) is 3.43. The number of fused-ring (bicyclic) bond motifs is 4. The molecule has 3 aromatic heterocycles. The van der Waals surface area contributed by atoms with Gasteiger partial charge in [-0.25, -0.2) is 9.97 Å². The molecule has 6 rings (SSSR count). The standard InChI is InChI=1S/C25H16N4/c1-2-8-17(9-3-1)24-27-21-14-15-26-16-20(21)25(28-24)29-22-12-6-4-10-18(22)19-11-5-7-13-23(19)29/h1-16H. The van der Waals surface area contributed by atoms with Crippen molar-refractivity contribution in [2.24, 2.45) is 0 Å². The van der Waals surface area contributed by atoms with Gasteiger partial charge < -0.3 is 0 Å². The number of hydrogen-bond acceptors (Lipinski definition) is 3. The van der Waals surface area contributed by atoms with Crippen LogP contribution in [-0.2, 0) is 0 Å². The minimum absolute atomic E-state index is 0.709. The zero-order valence-electron chi connectivity index (χ0n) is 15.5. The summed E-state index contributed by atoms with van der Waals surface area (Å²) >= 11 is 0. The molecule has 4 heteroatoms. The Labute approximate surface area is 167 Å². The highest BCUT2D eigenvalue weighted by molar-refractivity contribution is 6.10. The number of rotatable bonds is 2. The van der Waals surface area contributed by atoms with Crippen LogP contribution in [0.1, 0.15) is 0 Å². The van der Waals surface area contributed by atoms with E-state index in [1.807, 2.05) is 42.6 Å². The van der Waals surface area contributed by atoms with Crippen LogP contribution >= 0.6 is 0 Å². The van der Waals surface area contributed by atoms with Gasteiger partial charge in [0.2, 0.25) is 0 Å². The van der Waals surface area contributed by atoms with Crippen molar-refractivity contribution >= 4 is 32.7 Å². The lowest BCUT2D eigenvalue weighted by atomic mass is 10.2. The van der Waals surface area contributed by atoms with Gasteiger partial charge in [-0.1, -0.05) is 66.7 Å². The molecule has 3 aromatic carbocycles. The van der Waals surface area contributed by atoms with Gasteiger partial charge in [-0.15, -0.1) is 0 Å². The van der Waals surface area contributed by atoms with Gasteiger partial charge in [0, 0.05) is 28.7 Å². The van der Waals surface area contributed by atoms with E-state index in [2.05, 4.69) is 58.1 Å². The zero-order chi connectivity index (χ0) is 19.2. The average molecular weight is 372 g/mol. The lowest BCUT2D eigenvalue weighted by Crippen LogP contribution is -2.02. The molecule has 0 bridgehead atoms. The molecule has 3 heterocycles. The molecule has 6 aromatic rings. The quantitative estimate of drug-likeness (QED) is 0.386. The first kappa shape index (κ1) is 16.0. The summed E-state index contributed by atoms with van der Waals surface area (Å²) in [6, 6.07) is 28.9. The molecule has 0 saturated carbocycles. The SMILES string of the molecule is c1ccc(-c2nc(-n3c4ccccc4c4ccccc43)c3cnccc3n2)cc1. The van der Waals surface area contributed by atoms with Crippen molar-refractivity contribution in [3.8, 4) is 17.2 Å². The minimum atomic E-state index is 0.709. The zero-order valence-corrected chi connectivity index (χ0v) is 15.5. The molecule has 0 fully saturated rings. The number of aromatic nitrogens is 4. The summed E-state index contributed by atoms with van der Waals surface area (Å²) in [7, 11) is 0. The van der Waals surface area contributed by atoms with Crippen LogP contribution in [0, 0.1) is 0 Å². The maximum absolute atomic E-state index is 5.03. The van der Waals surface area contributed by atoms with Crippen LogP contribution in [0.15, 0.2) is 97.3 Å². The molecule has 0 unspecified atom stereocenters. The van der Waals surface area contributed by atoms with Crippen molar-refractivity contribution in [2.75, 3.05) is 0 Å². The van der Waals surface area contributed by atoms with Crippen LogP contribution in [-0.4, -0.2) is 19.5 Å². The highest BCUT2D eigenvalue weighted by atomic mass is 15.1. The van der Waals surface area contributed by atoms with E-state index in [-0.39, 0.29) is 0 Å². The van der Waals surface area contributed by atoms with Gasteiger partial charge in [-0.05, 0) is 18.2 Å². The first-order valence-corrected chi connectivity index (χ1v) is 9.56. The number of pyridine rings is 1. The van der Waals surface area contributed by atoms with Gasteiger partial charge in [0.1, 0.15) is 0 Å². The molecule has 0 amide bonds. The van der Waals surface area contributed by atoms with E-state index >= 15 is 0 Å². The normalized spacial score (nSPS) is 11.4. The van der Waals surface area contributed by atoms with E-state index in [0.29, 0.717) is 5.82 Å². The Morgan fingerprint density at radius 2 is 1.24 bits per heavy atom. The summed E-state index contributed by atoms with van der Waals surface area (Å²) in [5.74, 6) is 1.56. The molecule has 0 spiro atoms. The van der Waals surface area contributed by atoms with Gasteiger partial charge >= 0.3 is 0 Å². The molecule has 0 aliphatic carbocycles. The molecule has 29 heavy (non-hydrogen) atoms. The van der Waals surface area contributed by atoms with E-state index in [0.717, 1.165) is 33.3 Å². The predicted octanol–water partition coefficient (Wildman–Crippen LogP) is 5.79. The second kappa shape index (κ2) is 6.24. The summed E-state index contributed by atoms with van der Waals surface area (Å²) in [4.78, 5) is 14.2. The van der Waals surface area contributed by atoms with Crippen LogP contribution in [0.2, 0.25) is 0 Å². The Bertz CT molecular complexity index is 1450. The third kappa shape index (κ3) is 2.43. The van der Waals surface area contributed by atoms with Crippen LogP contribution < -0.4 is 0 Å². The van der Waals surface area contributed by atoms with Gasteiger partial charge in [0.05, 0.1) is 21.9 Å². The van der Waals surface area contributed by atoms with Gasteiger partial charge in [-0.3, -0.25) is 9.55 Å². The summed E-state index contributed by atoms with van der Waals surface area (Å²) in [5.41, 5.74) is 4.12. The maximum atomic E-state index is 5.03. The maximum Gasteiger partial charge on any atom is 0.162 e. The van der Waals surface area contributed by atoms with Crippen molar-refractivity contribution in [3.05, 3.63) is 97.3 Å². The van der Waals surface area contributed by atoms with E-state index in [1.165, 1.54) is 10.8 Å². The lowest BCUT2D eigenvalue weighted by molar-refractivity contribution is 1.07. The first-order valence-electron chi connectivity index (χ1n) is 9.56. The Balaban J connectivity index is 1.78. The van der Waals surface area contributed by atoms with Crippen molar-refractivity contribution in [2.45, 2.75) is 0 Å². The van der Waals surface area contributed by atoms with Gasteiger partial charge in [-0.2, -0.15) is 0 Å². The highest BCUT2D eigenvalue weighted by Gasteiger charge is 2.17. The van der Waals surface area contributed by atoms with Crippen LogP contribution in [0.5, 0.6) is 0 Å². The van der Waals surface area contributed by atoms with Crippen LogP contribution in [0.3, 0.4) is 0 Å². The molecule has 0 atom stereocenters. The number of benzene rings is 3. The van der Waals surface area contributed by atoms with E-state index < -0.39 is 0 Å². The third-order valence-electron chi connectivity index (χ3n) is 5.30. The number of nitrogens with zero attached hydrogens (tertiary/aromatic N) is 4. The predicted molar refractivity (Wildman–Crippen MR) is 117 cm³/mol. The Morgan fingerprint density at radius 3 is 1.97 bits per heavy atom. The second-order valence-electron chi connectivity index (χ2n) is 7.00. The topological polar surface area (TPSA) is 43.6 Å². The summed E-state index contributed by atoms with van der Waals surface area (Å²) < 4.78 is 2.22. The van der Waals surface area contributed by atoms with Gasteiger partial charge in [0.25, 0.3) is 0 Å². The molecule has 136 valence electrons. The molecular weight excluding hydrogens is 356 g/mol. The molecule has 4 nitrogen and oxygen atoms in total. The molecular formula is C25H16N4. The summed E-state index contributed by atoms with van der Waals surface area (Å²) in [6.45, 7) is 0. The number of hydrogen-bond donors (Lipinski definition) is 0. The average Bonchev–Trinajstić information content (AvgIpc) is 3.13. The van der Waals surface area contributed by atoms with Crippen LogP contribution in [0.25, 0.3) is 49.9 Å². The van der Waals surface area contributed by atoms with Crippen LogP contribution in [0.4, 0.5) is 0 Å². The van der Waals surface area contributed by atoms with Gasteiger partial charge in [0.15, 0.2) is 11.6 Å². The van der Waals surface area contributed by atoms with Crippen molar-refractivity contribution < 1.29 is 0 Å². The highest BCUT2D eigenvalue weighted by Crippen LogP contribution is 2.34. The molecule has 0 aliphatic rings. The summed E-state index contributed by atoms with van der Waals surface area (Å²) in [6.07, 6.45) is 3.63. The third-order valence-corrected chi connectivity index (χ3v) is 5.30. The lowest BCUT2D eigenvalue weighted by Gasteiger charge is -2.12. The fourth-order valence-corrected chi connectivity index (χ4v) is 3.99. The fourth-order valence-electron chi connectivity index (χ4n) is 3.99. The number of para-hydroxylation sites is 2. The molecule has 0 aliphatic heterocycles. The monoisotopic (exact) mass is 372 g/mol. The van der Waals surface area contributed by atoms with Crippen molar-refractivity contribution in [1.82, 2.24) is 19.5 Å². The largest absolute Gasteiger partial charge is 0.293 e. The Hall–Kier alpha value is -4.05. The fraction of sp³-hybridized carbons (Fsp3) is 0. The Morgan fingerprint density at radius 1 is 0.586 bits per heavy atom. The first-order chi connectivity index (χ1) is 14.4. The van der Waals surface area contributed by atoms with Crippen molar-refractivity contribution in [1.29, 1.82) is 0 Å². The second-order valence-corrected chi connectivity index (χ2v) is 7.00. The molecule has 0 saturated heterocycles.